The molecule has 0 aromatic carbocycles. The summed E-state index contributed by atoms with van der Waals surface area (Å²) in [5, 5.41) is 17.0. The van der Waals surface area contributed by atoms with Crippen molar-refractivity contribution in [3.8, 4) is 22.6 Å². The van der Waals surface area contributed by atoms with E-state index in [9.17, 15) is 14.7 Å². The SMILES string of the molecule is CNc1ncc(-c2cc3n(n2)C[C@@H](C(C)(C)C)n2cc(C(=O)O)c(=O)cc2-3)cn1. The number of aromatic carboxylic acids is 1. The predicted molar refractivity (Wildman–Crippen MR) is 108 cm³/mol. The topological polar surface area (TPSA) is 115 Å². The van der Waals surface area contributed by atoms with Crippen LogP contribution >= 0.6 is 0 Å². The average molecular weight is 394 g/mol. The van der Waals surface area contributed by atoms with Crippen molar-refractivity contribution < 1.29 is 9.90 Å². The number of fused-ring (bicyclic) bond motifs is 3. The minimum atomic E-state index is -1.22. The van der Waals surface area contributed by atoms with Crippen LogP contribution in [0.3, 0.4) is 0 Å². The van der Waals surface area contributed by atoms with Crippen LogP contribution in [0, 0.1) is 5.41 Å². The molecule has 9 nitrogen and oxygen atoms in total. The lowest BCUT2D eigenvalue weighted by Crippen LogP contribution is -2.35. The van der Waals surface area contributed by atoms with Gasteiger partial charge < -0.3 is 15.0 Å². The standard InChI is InChI=1S/C20H22N6O3/c1-20(2,3)17-10-26-15(14-6-16(27)12(18(28)29)9-25(14)17)5-13(24-26)11-7-22-19(21-4)23-8-11/h5-9,17H,10H2,1-4H3,(H,28,29)(H,21,22,23)/t17-/m0/s1. The molecule has 4 rings (SSSR count). The number of carboxylic acids is 1. The molecule has 9 heteroatoms. The van der Waals surface area contributed by atoms with E-state index < -0.39 is 11.4 Å². The Labute approximate surface area is 167 Å². The minimum absolute atomic E-state index is 0.0700. The quantitative estimate of drug-likeness (QED) is 0.701. The molecule has 0 saturated carbocycles. The van der Waals surface area contributed by atoms with Crippen LogP contribution in [0.1, 0.15) is 37.2 Å². The van der Waals surface area contributed by atoms with E-state index in [0.717, 1.165) is 11.3 Å². The number of hydrogen-bond acceptors (Lipinski definition) is 6. The average Bonchev–Trinajstić information content (AvgIpc) is 3.10. The Bertz CT molecular complexity index is 1150. The van der Waals surface area contributed by atoms with Gasteiger partial charge in [0.15, 0.2) is 5.43 Å². The lowest BCUT2D eigenvalue weighted by molar-refractivity contribution is 0.0693. The summed E-state index contributed by atoms with van der Waals surface area (Å²) in [6.45, 7) is 6.81. The highest BCUT2D eigenvalue weighted by molar-refractivity contribution is 5.87. The lowest BCUT2D eigenvalue weighted by Gasteiger charge is -2.38. The molecule has 4 heterocycles. The number of aromatic nitrogens is 5. The van der Waals surface area contributed by atoms with Crippen molar-refractivity contribution in [2.75, 3.05) is 12.4 Å². The van der Waals surface area contributed by atoms with Crippen LogP contribution in [-0.4, -0.2) is 42.4 Å². The molecular formula is C20H22N6O3. The summed E-state index contributed by atoms with van der Waals surface area (Å²) < 4.78 is 3.76. The number of carboxylic acid groups (broad SMARTS) is 1. The van der Waals surface area contributed by atoms with Gasteiger partial charge in [-0.1, -0.05) is 20.8 Å². The number of nitrogens with one attached hydrogen (secondary N) is 1. The summed E-state index contributed by atoms with van der Waals surface area (Å²) in [7, 11) is 1.75. The molecule has 3 aromatic rings. The van der Waals surface area contributed by atoms with Gasteiger partial charge in [0.25, 0.3) is 0 Å². The molecule has 0 bridgehead atoms. The van der Waals surface area contributed by atoms with Crippen LogP contribution in [0.5, 0.6) is 0 Å². The number of rotatable bonds is 3. The number of pyridine rings is 1. The Kier molecular flexibility index (Phi) is 4.25. The Balaban J connectivity index is 1.89. The van der Waals surface area contributed by atoms with E-state index in [1.807, 2.05) is 15.3 Å². The molecule has 29 heavy (non-hydrogen) atoms. The molecule has 1 aliphatic heterocycles. The zero-order valence-corrected chi connectivity index (χ0v) is 16.7. The van der Waals surface area contributed by atoms with Gasteiger partial charge in [-0.3, -0.25) is 9.48 Å². The molecule has 0 radical (unpaired) electrons. The van der Waals surface area contributed by atoms with Gasteiger partial charge in [0.1, 0.15) is 5.56 Å². The van der Waals surface area contributed by atoms with Crippen LogP contribution in [0.2, 0.25) is 0 Å². The van der Waals surface area contributed by atoms with E-state index in [1.165, 1.54) is 12.3 Å². The van der Waals surface area contributed by atoms with Gasteiger partial charge in [0, 0.05) is 37.3 Å². The highest BCUT2D eigenvalue weighted by atomic mass is 16.4. The molecular weight excluding hydrogens is 372 g/mol. The maximum atomic E-state index is 12.4. The fraction of sp³-hybridized carbons (Fsp3) is 0.350. The molecule has 150 valence electrons. The third-order valence-electron chi connectivity index (χ3n) is 5.20. The highest BCUT2D eigenvalue weighted by Gasteiger charge is 2.34. The molecule has 0 fully saturated rings. The maximum Gasteiger partial charge on any atom is 0.341 e. The second kappa shape index (κ2) is 6.54. The van der Waals surface area contributed by atoms with E-state index in [2.05, 4.69) is 36.1 Å². The third-order valence-corrected chi connectivity index (χ3v) is 5.20. The molecule has 0 saturated heterocycles. The largest absolute Gasteiger partial charge is 0.477 e. The van der Waals surface area contributed by atoms with Crippen molar-refractivity contribution in [2.45, 2.75) is 33.4 Å². The van der Waals surface area contributed by atoms with Crippen molar-refractivity contribution in [1.29, 1.82) is 0 Å². The van der Waals surface area contributed by atoms with E-state index >= 15 is 0 Å². The molecule has 3 aromatic heterocycles. The first-order valence-corrected chi connectivity index (χ1v) is 9.27. The lowest BCUT2D eigenvalue weighted by atomic mass is 9.85. The van der Waals surface area contributed by atoms with Crippen molar-refractivity contribution in [3.63, 3.8) is 0 Å². The second-order valence-electron chi connectivity index (χ2n) is 8.17. The highest BCUT2D eigenvalue weighted by Crippen LogP contribution is 2.40. The summed E-state index contributed by atoms with van der Waals surface area (Å²) in [4.78, 5) is 32.4. The maximum absolute atomic E-state index is 12.4. The van der Waals surface area contributed by atoms with Crippen LogP contribution in [0.4, 0.5) is 5.95 Å². The molecule has 0 aliphatic carbocycles. The Morgan fingerprint density at radius 2 is 1.90 bits per heavy atom. The number of nitrogens with zero attached hydrogens (tertiary/aromatic N) is 5. The van der Waals surface area contributed by atoms with Crippen LogP contribution in [-0.2, 0) is 6.54 Å². The van der Waals surface area contributed by atoms with E-state index in [0.29, 0.717) is 23.9 Å². The summed E-state index contributed by atoms with van der Waals surface area (Å²) in [5.41, 5.74) is 1.93. The number of hydrogen-bond donors (Lipinski definition) is 2. The minimum Gasteiger partial charge on any atom is -0.477 e. The van der Waals surface area contributed by atoms with E-state index in [4.69, 9.17) is 5.10 Å². The molecule has 0 spiro atoms. The summed E-state index contributed by atoms with van der Waals surface area (Å²) >= 11 is 0. The molecule has 0 unspecified atom stereocenters. The fourth-order valence-electron chi connectivity index (χ4n) is 3.61. The summed E-state index contributed by atoms with van der Waals surface area (Å²) in [5.74, 6) is -0.705. The first kappa shape index (κ1) is 18.9. The first-order chi connectivity index (χ1) is 13.7. The van der Waals surface area contributed by atoms with Crippen molar-refractivity contribution in [3.05, 3.63) is 46.5 Å². The fourth-order valence-corrected chi connectivity index (χ4v) is 3.61. The van der Waals surface area contributed by atoms with Gasteiger partial charge in [0.2, 0.25) is 5.95 Å². The van der Waals surface area contributed by atoms with E-state index in [1.54, 1.807) is 19.4 Å². The van der Waals surface area contributed by atoms with Gasteiger partial charge in [-0.15, -0.1) is 0 Å². The van der Waals surface area contributed by atoms with Gasteiger partial charge in [-0.2, -0.15) is 5.10 Å². The predicted octanol–water partition coefficient (Wildman–Crippen LogP) is 2.51. The van der Waals surface area contributed by atoms with Gasteiger partial charge in [-0.25, -0.2) is 14.8 Å². The van der Waals surface area contributed by atoms with Crippen molar-refractivity contribution in [1.82, 2.24) is 24.3 Å². The molecule has 0 amide bonds. The van der Waals surface area contributed by atoms with Crippen LogP contribution in [0.15, 0.2) is 35.5 Å². The van der Waals surface area contributed by atoms with Crippen molar-refractivity contribution in [2.24, 2.45) is 5.41 Å². The monoisotopic (exact) mass is 394 g/mol. The van der Waals surface area contributed by atoms with Gasteiger partial charge >= 0.3 is 5.97 Å². The zero-order chi connectivity index (χ0) is 20.9. The third kappa shape index (κ3) is 3.18. The molecule has 1 aliphatic rings. The Hall–Kier alpha value is -3.49. The second-order valence-corrected chi connectivity index (χ2v) is 8.17. The summed E-state index contributed by atoms with van der Waals surface area (Å²) in [6, 6.07) is 3.20. The van der Waals surface area contributed by atoms with Crippen LogP contribution < -0.4 is 10.7 Å². The van der Waals surface area contributed by atoms with Crippen molar-refractivity contribution >= 4 is 11.9 Å². The Morgan fingerprint density at radius 3 is 2.48 bits per heavy atom. The van der Waals surface area contributed by atoms with Crippen LogP contribution in [0.25, 0.3) is 22.6 Å². The smallest absolute Gasteiger partial charge is 0.341 e. The zero-order valence-electron chi connectivity index (χ0n) is 16.7. The van der Waals surface area contributed by atoms with Gasteiger partial charge in [0.05, 0.1) is 29.7 Å². The molecule has 1 atom stereocenters. The number of anilines is 1. The summed E-state index contributed by atoms with van der Waals surface area (Å²) in [6.07, 6.45) is 4.83. The Morgan fingerprint density at radius 1 is 1.21 bits per heavy atom. The first-order valence-electron chi connectivity index (χ1n) is 9.27. The molecule has 2 N–H and O–H groups in total. The number of carbonyl (C=O) groups is 1. The van der Waals surface area contributed by atoms with E-state index in [-0.39, 0.29) is 17.0 Å². The normalized spacial score (nSPS) is 15.5. The van der Waals surface area contributed by atoms with Gasteiger partial charge in [-0.05, 0) is 11.5 Å².